The second kappa shape index (κ2) is 7.76. The zero-order valence-corrected chi connectivity index (χ0v) is 11.2. The molecule has 1 aromatic carbocycles. The van der Waals surface area contributed by atoms with Gasteiger partial charge in [-0.2, -0.15) is 0 Å². The van der Waals surface area contributed by atoms with Crippen molar-refractivity contribution in [1.82, 2.24) is 5.32 Å². The van der Waals surface area contributed by atoms with Gasteiger partial charge in [-0.3, -0.25) is 9.59 Å². The molecule has 0 aliphatic rings. The van der Waals surface area contributed by atoms with Gasteiger partial charge in [0.2, 0.25) is 11.8 Å². The molecule has 104 valence electrons. The largest absolute Gasteiger partial charge is 0.388 e. The van der Waals surface area contributed by atoms with E-state index in [1.165, 1.54) is 0 Å². The van der Waals surface area contributed by atoms with Crippen LogP contribution in [0.3, 0.4) is 0 Å². The number of hydrogen-bond acceptors (Lipinski definition) is 3. The molecule has 1 unspecified atom stereocenters. The lowest BCUT2D eigenvalue weighted by atomic mass is 10.1. The van der Waals surface area contributed by atoms with E-state index >= 15 is 0 Å². The first-order valence-corrected chi connectivity index (χ1v) is 6.35. The van der Waals surface area contributed by atoms with E-state index in [1.807, 2.05) is 0 Å². The van der Waals surface area contributed by atoms with E-state index in [2.05, 4.69) is 5.32 Å². The van der Waals surface area contributed by atoms with Crippen molar-refractivity contribution in [3.8, 4) is 0 Å². The maximum Gasteiger partial charge on any atom is 0.222 e. The first-order valence-electron chi connectivity index (χ1n) is 5.97. The monoisotopic (exact) mass is 284 g/mol. The molecule has 5 nitrogen and oxygen atoms in total. The molecule has 0 heterocycles. The van der Waals surface area contributed by atoms with Gasteiger partial charge in [-0.05, 0) is 24.1 Å². The Hall–Kier alpha value is -1.59. The lowest BCUT2D eigenvalue weighted by Gasteiger charge is -2.11. The fourth-order valence-electron chi connectivity index (χ4n) is 1.54. The minimum Gasteiger partial charge on any atom is -0.388 e. The highest BCUT2D eigenvalue weighted by Crippen LogP contribution is 2.18. The second-order valence-corrected chi connectivity index (χ2v) is 4.63. The summed E-state index contributed by atoms with van der Waals surface area (Å²) >= 11 is 5.73. The molecule has 0 aliphatic heterocycles. The summed E-state index contributed by atoms with van der Waals surface area (Å²) in [6, 6.07) is 6.66. The van der Waals surface area contributed by atoms with Crippen LogP contribution in [0.5, 0.6) is 0 Å². The van der Waals surface area contributed by atoms with Gasteiger partial charge in [0.05, 0.1) is 12.5 Å². The average molecular weight is 285 g/mol. The lowest BCUT2D eigenvalue weighted by Crippen LogP contribution is -2.27. The van der Waals surface area contributed by atoms with Crippen LogP contribution >= 0.6 is 11.6 Å². The number of aliphatic hydroxyl groups is 1. The number of nitrogens with one attached hydrogen (secondary N) is 1. The summed E-state index contributed by atoms with van der Waals surface area (Å²) < 4.78 is 0. The third-order valence-electron chi connectivity index (χ3n) is 2.56. The summed E-state index contributed by atoms with van der Waals surface area (Å²) in [6.45, 7) is 0.370. The van der Waals surface area contributed by atoms with Gasteiger partial charge in [-0.25, -0.2) is 0 Å². The van der Waals surface area contributed by atoms with Gasteiger partial charge in [0.25, 0.3) is 0 Å². The van der Waals surface area contributed by atoms with Gasteiger partial charge in [0, 0.05) is 18.0 Å². The molecule has 2 amide bonds. The topological polar surface area (TPSA) is 92.4 Å². The van der Waals surface area contributed by atoms with E-state index in [9.17, 15) is 14.7 Å². The molecule has 6 heteroatoms. The Kier molecular flexibility index (Phi) is 6.32. The van der Waals surface area contributed by atoms with E-state index in [0.717, 1.165) is 0 Å². The maximum atomic E-state index is 11.5. The maximum absolute atomic E-state index is 11.5. The molecule has 1 rings (SSSR count). The number of amides is 2. The molecule has 0 fully saturated rings. The van der Waals surface area contributed by atoms with Crippen molar-refractivity contribution in [2.45, 2.75) is 25.4 Å². The third kappa shape index (κ3) is 6.22. The van der Waals surface area contributed by atoms with Crippen molar-refractivity contribution >= 4 is 23.4 Å². The van der Waals surface area contributed by atoms with Gasteiger partial charge in [0.15, 0.2) is 0 Å². The number of carbonyl (C=O) groups excluding carboxylic acids is 2. The second-order valence-electron chi connectivity index (χ2n) is 4.19. The zero-order valence-electron chi connectivity index (χ0n) is 10.4. The molecule has 4 N–H and O–H groups in total. The van der Waals surface area contributed by atoms with Crippen LogP contribution in [0.4, 0.5) is 0 Å². The van der Waals surface area contributed by atoms with E-state index < -0.39 is 12.0 Å². The summed E-state index contributed by atoms with van der Waals surface area (Å²) in [5, 5.41) is 13.0. The molecular weight excluding hydrogens is 268 g/mol. The van der Waals surface area contributed by atoms with Crippen LogP contribution in [0.2, 0.25) is 5.02 Å². The average Bonchev–Trinajstić information content (AvgIpc) is 2.35. The fourth-order valence-corrected chi connectivity index (χ4v) is 1.67. The van der Waals surface area contributed by atoms with E-state index in [-0.39, 0.29) is 18.7 Å². The predicted octanol–water partition coefficient (Wildman–Crippen LogP) is 1.15. The van der Waals surface area contributed by atoms with Crippen LogP contribution in [0.15, 0.2) is 24.3 Å². The fraction of sp³-hybridized carbons (Fsp3) is 0.385. The van der Waals surface area contributed by atoms with Gasteiger partial charge < -0.3 is 16.2 Å². The number of aliphatic hydroxyl groups excluding tert-OH is 1. The van der Waals surface area contributed by atoms with Crippen LogP contribution in [-0.2, 0) is 9.59 Å². The smallest absolute Gasteiger partial charge is 0.222 e. The zero-order chi connectivity index (χ0) is 14.3. The first-order chi connectivity index (χ1) is 8.99. The Bertz CT molecular complexity index is 434. The van der Waals surface area contributed by atoms with Gasteiger partial charge in [0.1, 0.15) is 0 Å². The number of rotatable bonds is 7. The van der Waals surface area contributed by atoms with Crippen molar-refractivity contribution in [2.24, 2.45) is 5.73 Å². The van der Waals surface area contributed by atoms with E-state index in [0.29, 0.717) is 23.6 Å². The highest BCUT2D eigenvalue weighted by atomic mass is 35.5. The predicted molar refractivity (Wildman–Crippen MR) is 72.5 cm³/mol. The van der Waals surface area contributed by atoms with Crippen molar-refractivity contribution < 1.29 is 14.7 Å². The number of halogens is 1. The van der Waals surface area contributed by atoms with Gasteiger partial charge in [-0.15, -0.1) is 0 Å². The lowest BCUT2D eigenvalue weighted by molar-refractivity contribution is -0.123. The van der Waals surface area contributed by atoms with Gasteiger partial charge >= 0.3 is 0 Å². The SMILES string of the molecule is NC(=O)CCCNC(=O)CC(O)c1ccc(Cl)cc1. The molecular formula is C13H17ClN2O3. The molecule has 0 radical (unpaired) electrons. The highest BCUT2D eigenvalue weighted by Gasteiger charge is 2.12. The molecule has 0 saturated heterocycles. The Morgan fingerprint density at radius 2 is 1.95 bits per heavy atom. The van der Waals surface area contributed by atoms with Crippen molar-refractivity contribution in [1.29, 1.82) is 0 Å². The normalized spacial score (nSPS) is 11.9. The van der Waals surface area contributed by atoms with Crippen LogP contribution in [0.25, 0.3) is 0 Å². The van der Waals surface area contributed by atoms with E-state index in [1.54, 1.807) is 24.3 Å². The quantitative estimate of drug-likeness (QED) is 0.656. The van der Waals surface area contributed by atoms with Crippen LogP contribution < -0.4 is 11.1 Å². The summed E-state index contributed by atoms with van der Waals surface area (Å²) in [5.41, 5.74) is 5.61. The summed E-state index contributed by atoms with van der Waals surface area (Å²) in [7, 11) is 0. The van der Waals surface area contributed by atoms with Crippen LogP contribution in [-0.4, -0.2) is 23.5 Å². The molecule has 1 atom stereocenters. The van der Waals surface area contributed by atoms with Crippen molar-refractivity contribution in [3.05, 3.63) is 34.9 Å². The minimum atomic E-state index is -0.867. The Morgan fingerprint density at radius 3 is 2.53 bits per heavy atom. The number of carbonyl (C=O) groups is 2. The Balaban J connectivity index is 2.31. The number of nitrogens with two attached hydrogens (primary N) is 1. The molecule has 0 spiro atoms. The molecule has 0 bridgehead atoms. The molecule has 19 heavy (non-hydrogen) atoms. The molecule has 0 aromatic heterocycles. The van der Waals surface area contributed by atoms with Crippen LogP contribution in [0.1, 0.15) is 30.9 Å². The Labute approximate surface area is 116 Å². The summed E-state index contributed by atoms with van der Waals surface area (Å²) in [4.78, 5) is 22.0. The number of benzene rings is 1. The van der Waals surface area contributed by atoms with E-state index in [4.69, 9.17) is 17.3 Å². The molecule has 1 aromatic rings. The van der Waals surface area contributed by atoms with Crippen LogP contribution in [0, 0.1) is 0 Å². The highest BCUT2D eigenvalue weighted by molar-refractivity contribution is 6.30. The Morgan fingerprint density at radius 1 is 1.32 bits per heavy atom. The number of primary amides is 1. The standard InChI is InChI=1S/C13H17ClN2O3/c14-10-5-3-9(4-6-10)11(17)8-13(19)16-7-1-2-12(15)18/h3-6,11,17H,1-2,7-8H2,(H2,15,18)(H,16,19). The summed E-state index contributed by atoms with van der Waals surface area (Å²) in [5.74, 6) is -0.664. The summed E-state index contributed by atoms with van der Waals surface area (Å²) in [6.07, 6.45) is -0.163. The third-order valence-corrected chi connectivity index (χ3v) is 2.81. The van der Waals surface area contributed by atoms with Crippen molar-refractivity contribution in [2.75, 3.05) is 6.54 Å². The number of hydrogen-bond donors (Lipinski definition) is 3. The van der Waals surface area contributed by atoms with Gasteiger partial charge in [-0.1, -0.05) is 23.7 Å². The van der Waals surface area contributed by atoms with Crippen molar-refractivity contribution in [3.63, 3.8) is 0 Å². The molecule has 0 aliphatic carbocycles. The molecule has 0 saturated carbocycles. The first kappa shape index (κ1) is 15.5. The minimum absolute atomic E-state index is 0.0296.